The molecule has 2 rings (SSSR count). The molecule has 2 aromatic rings. The summed E-state index contributed by atoms with van der Waals surface area (Å²) >= 11 is 0. The number of sulfone groups is 1. The van der Waals surface area contributed by atoms with E-state index in [9.17, 15) is 8.42 Å². The third-order valence-corrected chi connectivity index (χ3v) is 5.74. The average molecular weight is 490 g/mol. The number of guanidine groups is 1. The molecule has 0 aliphatic carbocycles. The summed E-state index contributed by atoms with van der Waals surface area (Å²) in [7, 11) is -1.65. The lowest BCUT2D eigenvalue weighted by Crippen LogP contribution is -2.46. The number of hydrogen-bond acceptors (Lipinski definition) is 3. The minimum Gasteiger partial charge on any atom is -0.355 e. The van der Waals surface area contributed by atoms with Gasteiger partial charge in [0.05, 0.1) is 10.6 Å². The zero-order chi connectivity index (χ0) is 18.1. The van der Waals surface area contributed by atoms with Crippen LogP contribution in [0, 0.1) is 0 Å². The van der Waals surface area contributed by atoms with Gasteiger partial charge in [0.1, 0.15) is 0 Å². The monoisotopic (exact) mass is 490 g/mol. The van der Waals surface area contributed by atoms with Crippen molar-refractivity contribution in [1.29, 1.82) is 0 Å². The fraction of sp³-hybridized carbons (Fsp3) is 0.389. The van der Waals surface area contributed by atoms with Gasteiger partial charge in [-0.1, -0.05) is 25.1 Å². The predicted molar refractivity (Wildman–Crippen MR) is 117 cm³/mol. The maximum absolute atomic E-state index is 12.5. The highest BCUT2D eigenvalue weighted by Crippen LogP contribution is 2.12. The van der Waals surface area contributed by atoms with Crippen molar-refractivity contribution in [3.63, 3.8) is 0 Å². The minimum absolute atomic E-state index is 0. The molecule has 1 aromatic heterocycles. The Bertz CT molecular complexity index is 762. The van der Waals surface area contributed by atoms with E-state index in [2.05, 4.69) is 20.2 Å². The van der Waals surface area contributed by atoms with Crippen LogP contribution in [0.15, 0.2) is 64.7 Å². The summed E-state index contributed by atoms with van der Waals surface area (Å²) in [6, 6.07) is 12.3. The number of aliphatic imine (C=N–C) groups is 1. The van der Waals surface area contributed by atoms with Crippen LogP contribution in [0.5, 0.6) is 0 Å². The zero-order valence-corrected chi connectivity index (χ0v) is 18.3. The van der Waals surface area contributed by atoms with Gasteiger partial charge in [0.2, 0.25) is 0 Å². The Morgan fingerprint density at radius 2 is 1.81 bits per heavy atom. The number of hydrogen-bond donors (Lipinski definition) is 2. The molecule has 6 nitrogen and oxygen atoms in total. The second-order valence-electron chi connectivity index (χ2n) is 5.76. The number of benzene rings is 1. The molecule has 2 N–H and O–H groups in total. The molecule has 0 saturated carbocycles. The van der Waals surface area contributed by atoms with Crippen molar-refractivity contribution in [2.24, 2.45) is 4.99 Å². The minimum atomic E-state index is -3.33. The summed E-state index contributed by atoms with van der Waals surface area (Å²) in [5.74, 6) is 0.647. The number of nitrogens with zero attached hydrogens (tertiary/aromatic N) is 2. The molecule has 0 fully saturated rings. The smallest absolute Gasteiger partial charge is 0.191 e. The lowest BCUT2D eigenvalue weighted by Gasteiger charge is -2.20. The Kier molecular flexibility index (Phi) is 9.71. The van der Waals surface area contributed by atoms with Gasteiger partial charge in [-0.25, -0.2) is 8.42 Å². The van der Waals surface area contributed by atoms with Crippen LogP contribution in [0.2, 0.25) is 0 Å². The molecule has 1 aromatic carbocycles. The summed E-state index contributed by atoms with van der Waals surface area (Å²) in [5.41, 5.74) is 0. The highest BCUT2D eigenvalue weighted by molar-refractivity contribution is 14.0. The van der Waals surface area contributed by atoms with Crippen LogP contribution in [0.25, 0.3) is 0 Å². The van der Waals surface area contributed by atoms with Crippen molar-refractivity contribution in [2.45, 2.75) is 30.8 Å². The number of halogens is 1. The first-order valence-electron chi connectivity index (χ1n) is 8.41. The molecule has 1 heterocycles. The van der Waals surface area contributed by atoms with E-state index < -0.39 is 9.84 Å². The number of rotatable bonds is 8. The zero-order valence-electron chi connectivity index (χ0n) is 15.1. The standard InChI is InChI=1S/C18H26N4O2S.HI/c1-3-16(15-25(23,24)17-9-5-4-6-10-17)21-18(19-2)20-11-14-22-12-7-8-13-22;/h4-10,12-13,16H,3,11,14-15H2,1-2H3,(H2,19,20,21);1H. The molecule has 26 heavy (non-hydrogen) atoms. The highest BCUT2D eigenvalue weighted by Gasteiger charge is 2.20. The van der Waals surface area contributed by atoms with Crippen molar-refractivity contribution in [3.05, 3.63) is 54.9 Å². The molecule has 0 aliphatic rings. The van der Waals surface area contributed by atoms with E-state index in [1.54, 1.807) is 31.3 Å². The van der Waals surface area contributed by atoms with Crippen molar-refractivity contribution in [3.8, 4) is 0 Å². The Hall–Kier alpha value is -1.55. The molecule has 0 saturated heterocycles. The largest absolute Gasteiger partial charge is 0.355 e. The van der Waals surface area contributed by atoms with E-state index in [-0.39, 0.29) is 35.8 Å². The normalized spacial score (nSPS) is 12.9. The second kappa shape index (κ2) is 11.2. The molecular weight excluding hydrogens is 463 g/mol. The van der Waals surface area contributed by atoms with Crippen molar-refractivity contribution in [1.82, 2.24) is 15.2 Å². The summed E-state index contributed by atoms with van der Waals surface area (Å²) < 4.78 is 27.1. The van der Waals surface area contributed by atoms with Gasteiger partial charge in [0.25, 0.3) is 0 Å². The fourth-order valence-corrected chi connectivity index (χ4v) is 4.07. The SMILES string of the molecule is CCC(CS(=O)(=O)c1ccccc1)NC(=NC)NCCn1cccc1.I. The fourth-order valence-electron chi connectivity index (χ4n) is 2.46. The summed E-state index contributed by atoms with van der Waals surface area (Å²) in [5, 5.41) is 6.43. The van der Waals surface area contributed by atoms with Crippen LogP contribution in [0.3, 0.4) is 0 Å². The van der Waals surface area contributed by atoms with Crippen LogP contribution in [-0.2, 0) is 16.4 Å². The Morgan fingerprint density at radius 3 is 2.38 bits per heavy atom. The van der Waals surface area contributed by atoms with Gasteiger partial charge in [0.15, 0.2) is 15.8 Å². The first-order valence-corrected chi connectivity index (χ1v) is 10.1. The Morgan fingerprint density at radius 1 is 1.15 bits per heavy atom. The van der Waals surface area contributed by atoms with Crippen LogP contribution < -0.4 is 10.6 Å². The third kappa shape index (κ3) is 6.99. The number of nitrogens with one attached hydrogen (secondary N) is 2. The van der Waals surface area contributed by atoms with Gasteiger partial charge in [-0.3, -0.25) is 4.99 Å². The molecular formula is C18H27IN4O2S. The van der Waals surface area contributed by atoms with Gasteiger partial charge < -0.3 is 15.2 Å². The molecule has 0 aliphatic heterocycles. The summed E-state index contributed by atoms with van der Waals surface area (Å²) in [4.78, 5) is 4.54. The van der Waals surface area contributed by atoms with Gasteiger partial charge in [-0.15, -0.1) is 24.0 Å². The maximum atomic E-state index is 12.5. The summed E-state index contributed by atoms with van der Waals surface area (Å²) in [6.07, 6.45) is 4.68. The van der Waals surface area contributed by atoms with Gasteiger partial charge in [-0.05, 0) is 30.7 Å². The Labute approximate surface area is 173 Å². The van der Waals surface area contributed by atoms with Crippen molar-refractivity contribution in [2.75, 3.05) is 19.3 Å². The molecule has 144 valence electrons. The van der Waals surface area contributed by atoms with Crippen LogP contribution in [-0.4, -0.2) is 44.3 Å². The lowest BCUT2D eigenvalue weighted by atomic mass is 10.3. The Balaban J connectivity index is 0.00000338. The predicted octanol–water partition coefficient (Wildman–Crippen LogP) is 2.52. The quantitative estimate of drug-likeness (QED) is 0.339. The highest BCUT2D eigenvalue weighted by atomic mass is 127. The van der Waals surface area contributed by atoms with Gasteiger partial charge >= 0.3 is 0 Å². The van der Waals surface area contributed by atoms with Gasteiger partial charge in [0, 0.05) is 38.6 Å². The van der Waals surface area contributed by atoms with E-state index in [4.69, 9.17) is 0 Å². The van der Waals surface area contributed by atoms with Crippen LogP contribution in [0.4, 0.5) is 0 Å². The third-order valence-electron chi connectivity index (χ3n) is 3.91. The first kappa shape index (κ1) is 22.5. The molecule has 0 bridgehead atoms. The van der Waals surface area contributed by atoms with Crippen LogP contribution in [0.1, 0.15) is 13.3 Å². The molecule has 8 heteroatoms. The molecule has 0 radical (unpaired) electrons. The van der Waals surface area contributed by atoms with Crippen molar-refractivity contribution < 1.29 is 8.42 Å². The van der Waals surface area contributed by atoms with E-state index in [0.717, 1.165) is 6.54 Å². The van der Waals surface area contributed by atoms with E-state index >= 15 is 0 Å². The molecule has 1 atom stereocenters. The average Bonchev–Trinajstić information content (AvgIpc) is 3.14. The van der Waals surface area contributed by atoms with Crippen molar-refractivity contribution >= 4 is 39.8 Å². The number of aromatic nitrogens is 1. The van der Waals surface area contributed by atoms with E-state index in [1.165, 1.54) is 0 Å². The summed E-state index contributed by atoms with van der Waals surface area (Å²) in [6.45, 7) is 3.48. The van der Waals surface area contributed by atoms with Crippen LogP contribution >= 0.6 is 24.0 Å². The second-order valence-corrected chi connectivity index (χ2v) is 7.80. The topological polar surface area (TPSA) is 75.5 Å². The molecule has 0 spiro atoms. The first-order chi connectivity index (χ1) is 12.0. The van der Waals surface area contributed by atoms with Gasteiger partial charge in [-0.2, -0.15) is 0 Å². The lowest BCUT2D eigenvalue weighted by molar-refractivity contribution is 0.567. The molecule has 1 unspecified atom stereocenters. The molecule has 0 amide bonds. The van der Waals surface area contributed by atoms with E-state index in [1.807, 2.05) is 37.5 Å². The van der Waals surface area contributed by atoms with E-state index in [0.29, 0.717) is 23.8 Å². The maximum Gasteiger partial charge on any atom is 0.191 e.